The van der Waals surface area contributed by atoms with Crippen LogP contribution in [0.15, 0.2) is 206 Å². The van der Waals surface area contributed by atoms with Crippen molar-refractivity contribution in [3.63, 3.8) is 0 Å². The van der Waals surface area contributed by atoms with Crippen LogP contribution in [0.25, 0.3) is 82.5 Å². The summed E-state index contributed by atoms with van der Waals surface area (Å²) in [7, 11) is 0. The first-order valence-electron chi connectivity index (χ1n) is 44.7. The molecular weight excluding hydrogens is 1530 g/mol. The first-order chi connectivity index (χ1) is 58.4. The highest BCUT2D eigenvalue weighted by Crippen LogP contribution is 2.51. The fraction of sp³-hybridized carbons (Fsp3) is 0.297. The summed E-state index contributed by atoms with van der Waals surface area (Å²) < 4.78 is 40.7. The van der Waals surface area contributed by atoms with Crippen molar-refractivity contribution in [2.75, 3.05) is 15.9 Å². The van der Waals surface area contributed by atoms with Gasteiger partial charge in [0.05, 0.1) is 61.5 Å². The van der Waals surface area contributed by atoms with Crippen LogP contribution in [-0.4, -0.2) is 40.1 Å². The minimum Gasteiger partial charge on any atom is -0.458 e. The summed E-state index contributed by atoms with van der Waals surface area (Å²) in [5, 5.41) is 11.6. The standard InChI is InChI=1S/C111H110B3N5O4S/c1-104(2,3)60-26-34-85-71(42-60)72-43-61(105(4,5)6)27-35-86(72)116(85)68-50-84-101-97(52-68)120-93-40-32-66(110(19,20)21)48-79(93)112(101)77-56-81-95(58-83(77)115-84)122-99-54-70(118-89-38-30-64(108(13,14)15)46-75(89)76-47-65(109(16,17)18)31-39-90(76)118)55-100-103(99)114(81)82-57-78-91(59-96(82)123-100)119(124-25)92-51-69(53-98-102(92)113(78)80-49-67(111(22,23)24)33-41-94(80)121-98)117-87-36-28-62(106(7,8)9)44-73(87)74-45-63(107(10,11)12)29-37-88(74)117/h26-59,115H,1-25H3. The van der Waals surface area contributed by atoms with Gasteiger partial charge in [0.25, 0.3) is 20.1 Å². The molecule has 3 aromatic heterocycles. The Bertz CT molecular complexity index is 7230. The van der Waals surface area contributed by atoms with E-state index in [1.807, 2.05) is 0 Å². The topological polar surface area (TPSA) is 67.0 Å². The number of benzene rings is 13. The predicted octanol–water partition coefficient (Wildman–Crippen LogP) is 24.1. The smallest absolute Gasteiger partial charge is 0.260 e. The van der Waals surface area contributed by atoms with Gasteiger partial charge in [-0.2, -0.15) is 0 Å². The molecule has 16 aromatic rings. The second-order valence-corrected chi connectivity index (χ2v) is 45.5. The maximum Gasteiger partial charge on any atom is 0.260 e. The van der Waals surface area contributed by atoms with Crippen molar-refractivity contribution in [1.29, 1.82) is 0 Å². The molecule has 13 aromatic carbocycles. The second-order valence-electron chi connectivity index (χ2n) is 44.8. The minimum absolute atomic E-state index is 0.0519. The lowest BCUT2D eigenvalue weighted by molar-refractivity contribution is 0.464. The van der Waals surface area contributed by atoms with Crippen molar-refractivity contribution >= 4 is 169 Å². The summed E-state index contributed by atoms with van der Waals surface area (Å²) in [4.78, 5) is 0. The van der Waals surface area contributed by atoms with E-state index in [0.29, 0.717) is 0 Å². The molecule has 0 radical (unpaired) electrons. The van der Waals surface area contributed by atoms with Gasteiger partial charge in [-0.05, 0) is 241 Å². The van der Waals surface area contributed by atoms with Crippen molar-refractivity contribution in [3.05, 3.63) is 251 Å². The third kappa shape index (κ3) is 11.9. The lowest BCUT2D eigenvalue weighted by Crippen LogP contribution is -2.64. The molecular formula is C111H110B3N5O4S. The second kappa shape index (κ2) is 25.9. The quantitative estimate of drug-likeness (QED) is 0.139. The van der Waals surface area contributed by atoms with Crippen LogP contribution in [0.5, 0.6) is 46.0 Å². The summed E-state index contributed by atoms with van der Waals surface area (Å²) in [6.07, 6.45) is 2.22. The normalized spacial score (nSPS) is 14.6. The highest BCUT2D eigenvalue weighted by Gasteiger charge is 2.50. The number of hydrogen-bond donors (Lipinski definition) is 1. The van der Waals surface area contributed by atoms with Crippen LogP contribution in [-0.2, 0) is 43.3 Å². The minimum atomic E-state index is -0.362. The molecule has 1 N–H and O–H groups in total. The number of anilines is 4. The fourth-order valence-electron chi connectivity index (χ4n) is 21.0. The first kappa shape index (κ1) is 78.6. The van der Waals surface area contributed by atoms with E-state index in [0.717, 1.165) is 163 Å². The summed E-state index contributed by atoms with van der Waals surface area (Å²) >= 11 is 1.73. The molecule has 6 aliphatic rings. The van der Waals surface area contributed by atoms with Gasteiger partial charge in [-0.15, -0.1) is 0 Å². The summed E-state index contributed by atoms with van der Waals surface area (Å²) in [5.74, 6) is 6.52. The van der Waals surface area contributed by atoms with Crippen molar-refractivity contribution in [2.45, 2.75) is 209 Å². The highest BCUT2D eigenvalue weighted by molar-refractivity contribution is 8.00. The SMILES string of the molecule is CSN1c2cc3c(cc2B2c4cc(C(C)(C)C)ccc4Oc4cc(-n5c6ccc(C(C)(C)C)cc6c6cc(C(C)(C)C)ccc65)cc1c42)B1c2cc4c(cc2Oc2cc(-n5c6ccc(C(C)(C)C)cc6c6cc(C(C)(C)C)ccc65)cc(c21)O3)Nc1cc(-n2c3ccc(C(C)(C)C)cc3c3cc(C(C)(C)C)ccc32)cc2c1B4c1cc(C(C)(C)C)ccc1O2. The average molecular weight is 1640 g/mol. The van der Waals surface area contributed by atoms with Gasteiger partial charge in [0.15, 0.2) is 0 Å². The van der Waals surface area contributed by atoms with E-state index in [1.165, 1.54) is 82.3 Å². The maximum atomic E-state index is 7.93. The van der Waals surface area contributed by atoms with Crippen LogP contribution in [0.2, 0.25) is 0 Å². The van der Waals surface area contributed by atoms with Gasteiger partial charge < -0.3 is 38.0 Å². The monoisotopic (exact) mass is 1640 g/mol. The molecule has 22 rings (SSSR count). The molecule has 0 amide bonds. The Kier molecular flexibility index (Phi) is 16.4. The van der Waals surface area contributed by atoms with Crippen LogP contribution in [0, 0.1) is 0 Å². The molecule has 9 heterocycles. The number of aromatic nitrogens is 3. The molecule has 0 saturated heterocycles. The van der Waals surface area contributed by atoms with E-state index in [9.17, 15) is 0 Å². The van der Waals surface area contributed by atoms with Crippen LogP contribution in [0.3, 0.4) is 0 Å². The maximum absolute atomic E-state index is 7.93. The summed E-state index contributed by atoms with van der Waals surface area (Å²) in [6, 6.07) is 80.5. The molecule has 0 saturated carbocycles. The number of ether oxygens (including phenoxy) is 4. The average Bonchev–Trinajstić information content (AvgIpc) is 0.710. The van der Waals surface area contributed by atoms with Crippen molar-refractivity contribution < 1.29 is 18.9 Å². The lowest BCUT2D eigenvalue weighted by Gasteiger charge is -2.41. The largest absolute Gasteiger partial charge is 0.458 e. The molecule has 0 bridgehead atoms. The highest BCUT2D eigenvalue weighted by atomic mass is 32.2. The number of rotatable bonds is 4. The Hall–Kier alpha value is -11.4. The van der Waals surface area contributed by atoms with Crippen molar-refractivity contribution in [1.82, 2.24) is 13.7 Å². The molecule has 0 aliphatic carbocycles. The zero-order chi connectivity index (χ0) is 86.7. The Morgan fingerprint density at radius 2 is 0.516 bits per heavy atom. The van der Waals surface area contributed by atoms with Gasteiger partial charge >= 0.3 is 0 Å². The Morgan fingerprint density at radius 1 is 0.234 bits per heavy atom. The molecule has 13 heteroatoms. The molecule has 0 spiro atoms. The van der Waals surface area contributed by atoms with E-state index in [2.05, 4.69) is 402 Å². The van der Waals surface area contributed by atoms with Crippen molar-refractivity contribution in [3.8, 4) is 63.1 Å². The molecule has 0 fully saturated rings. The van der Waals surface area contributed by atoms with Crippen molar-refractivity contribution in [2.24, 2.45) is 0 Å². The Labute approximate surface area is 736 Å². The van der Waals surface area contributed by atoms with Gasteiger partial charge in [-0.1, -0.05) is 239 Å². The molecule has 124 heavy (non-hydrogen) atoms. The van der Waals surface area contributed by atoms with Gasteiger partial charge in [0.2, 0.25) is 0 Å². The van der Waals surface area contributed by atoms with Crippen LogP contribution < -0.4 is 77.7 Å². The first-order valence-corrected chi connectivity index (χ1v) is 45.9. The van der Waals surface area contributed by atoms with E-state index in [1.54, 1.807) is 11.9 Å². The Morgan fingerprint density at radius 3 is 0.879 bits per heavy atom. The van der Waals surface area contributed by atoms with E-state index in [4.69, 9.17) is 18.9 Å². The lowest BCUT2D eigenvalue weighted by atomic mass is 9.30. The van der Waals surface area contributed by atoms with Crippen LogP contribution >= 0.6 is 11.9 Å². The number of hydrogen-bond acceptors (Lipinski definition) is 7. The van der Waals surface area contributed by atoms with E-state index >= 15 is 0 Å². The fourth-order valence-corrected chi connectivity index (χ4v) is 21.7. The number of nitrogens with zero attached hydrogens (tertiary/aromatic N) is 4. The zero-order valence-electron chi connectivity index (χ0n) is 76.7. The number of fused-ring (bicyclic) bond motifs is 21. The van der Waals surface area contributed by atoms with Gasteiger partial charge in [-0.3, -0.25) is 4.31 Å². The summed E-state index contributed by atoms with van der Waals surface area (Å²) in [5.41, 5.74) is 33.7. The van der Waals surface area contributed by atoms with Gasteiger partial charge in [-0.25, -0.2) is 0 Å². The molecule has 9 nitrogen and oxygen atoms in total. The third-order valence-electron chi connectivity index (χ3n) is 28.2. The molecule has 0 atom stereocenters. The van der Waals surface area contributed by atoms with Gasteiger partial charge in [0, 0.05) is 91.8 Å². The zero-order valence-corrected chi connectivity index (χ0v) is 77.5. The third-order valence-corrected chi connectivity index (χ3v) is 28.9. The van der Waals surface area contributed by atoms with Gasteiger partial charge in [0.1, 0.15) is 46.0 Å². The predicted molar refractivity (Wildman–Crippen MR) is 531 cm³/mol. The molecule has 0 unspecified atom stereocenters. The van der Waals surface area contributed by atoms with Crippen LogP contribution in [0.1, 0.15) is 211 Å². The number of nitrogens with one attached hydrogen (secondary N) is 1. The Balaban J connectivity index is 0.786. The summed E-state index contributed by atoms with van der Waals surface area (Å²) in [6.45, 7) is 54.8. The molecule has 618 valence electrons. The van der Waals surface area contributed by atoms with Crippen LogP contribution in [0.4, 0.5) is 22.7 Å². The van der Waals surface area contributed by atoms with E-state index < -0.39 is 0 Å². The van der Waals surface area contributed by atoms with E-state index in [-0.39, 0.29) is 63.5 Å². The molecule has 6 aliphatic heterocycles.